The van der Waals surface area contributed by atoms with Crippen LogP contribution in [-0.4, -0.2) is 46.7 Å². The number of fused-ring (bicyclic) bond motifs is 1. The van der Waals surface area contributed by atoms with Gasteiger partial charge in [0.1, 0.15) is 11.9 Å². The molecule has 1 aromatic carbocycles. The highest BCUT2D eigenvalue weighted by Gasteiger charge is 2.31. The van der Waals surface area contributed by atoms with Crippen LogP contribution in [0.4, 0.5) is 0 Å². The number of benzene rings is 1. The van der Waals surface area contributed by atoms with Crippen molar-refractivity contribution < 1.29 is 23.5 Å². The maximum Gasteiger partial charge on any atom is 0.266 e. The number of hydrogen-bond acceptors (Lipinski definition) is 6. The number of hydrogen-bond donors (Lipinski definition) is 2. The molecule has 0 saturated carbocycles. The smallest absolute Gasteiger partial charge is 0.266 e. The first-order chi connectivity index (χ1) is 12.6. The Labute approximate surface area is 154 Å². The van der Waals surface area contributed by atoms with E-state index in [-0.39, 0.29) is 16.8 Å². The minimum Gasteiger partial charge on any atom is -0.467 e. The molecule has 3 aromatic rings. The van der Waals surface area contributed by atoms with Gasteiger partial charge in [-0.25, -0.2) is 0 Å². The van der Waals surface area contributed by atoms with Crippen LogP contribution in [0.1, 0.15) is 28.6 Å². The van der Waals surface area contributed by atoms with Crippen molar-refractivity contribution in [2.24, 2.45) is 0 Å². The molecule has 0 bridgehead atoms. The van der Waals surface area contributed by atoms with Crippen molar-refractivity contribution >= 4 is 29.2 Å². The van der Waals surface area contributed by atoms with E-state index in [9.17, 15) is 9.90 Å². The fraction of sp³-hybridized carbons (Fsp3) is 0.333. The number of amides is 1. The van der Waals surface area contributed by atoms with E-state index in [4.69, 9.17) is 25.8 Å². The van der Waals surface area contributed by atoms with E-state index in [1.54, 1.807) is 35.2 Å². The van der Waals surface area contributed by atoms with Gasteiger partial charge in [-0.2, -0.15) is 0 Å². The third-order valence-corrected chi connectivity index (χ3v) is 4.71. The summed E-state index contributed by atoms with van der Waals surface area (Å²) in [6, 6.07) is 8.38. The Balaban J connectivity index is 1.56. The molecule has 8 heteroatoms. The molecule has 1 amide bonds. The maximum absolute atomic E-state index is 13.0. The van der Waals surface area contributed by atoms with E-state index in [1.165, 1.54) is 6.26 Å². The Kier molecular flexibility index (Phi) is 4.62. The number of aromatic amines is 1. The third-order valence-electron chi connectivity index (χ3n) is 4.52. The summed E-state index contributed by atoms with van der Waals surface area (Å²) in [5, 5.41) is 10.4. The minimum absolute atomic E-state index is 0.130. The van der Waals surface area contributed by atoms with Gasteiger partial charge in [0.15, 0.2) is 5.58 Å². The van der Waals surface area contributed by atoms with Crippen molar-refractivity contribution in [1.29, 1.82) is 0 Å². The number of aliphatic hydroxyl groups is 1. The van der Waals surface area contributed by atoms with Gasteiger partial charge in [-0.1, -0.05) is 0 Å². The Morgan fingerprint density at radius 3 is 3.12 bits per heavy atom. The van der Waals surface area contributed by atoms with Gasteiger partial charge in [0.05, 0.1) is 31.0 Å². The molecule has 2 aromatic heterocycles. The summed E-state index contributed by atoms with van der Waals surface area (Å²) < 4.78 is 16.2. The number of H-pyrrole nitrogens is 1. The summed E-state index contributed by atoms with van der Waals surface area (Å²) >= 11 is 4.98. The number of carbonyl (C=O) groups excluding carboxylic acids is 1. The Bertz CT molecular complexity index is 962. The second kappa shape index (κ2) is 7.06. The molecule has 1 saturated heterocycles. The van der Waals surface area contributed by atoms with Crippen LogP contribution < -0.4 is 0 Å². The van der Waals surface area contributed by atoms with Crippen LogP contribution in [-0.2, 0) is 4.74 Å². The van der Waals surface area contributed by atoms with Gasteiger partial charge in [-0.3, -0.25) is 4.79 Å². The van der Waals surface area contributed by atoms with E-state index in [0.29, 0.717) is 43.1 Å². The highest BCUT2D eigenvalue weighted by atomic mass is 32.1. The van der Waals surface area contributed by atoms with E-state index in [0.717, 1.165) is 5.52 Å². The molecule has 0 aliphatic carbocycles. The first kappa shape index (κ1) is 17.0. The predicted molar refractivity (Wildman–Crippen MR) is 95.3 cm³/mol. The Morgan fingerprint density at radius 1 is 1.42 bits per heavy atom. The van der Waals surface area contributed by atoms with Crippen LogP contribution >= 0.6 is 12.2 Å². The molecule has 26 heavy (non-hydrogen) atoms. The molecule has 7 nitrogen and oxygen atoms in total. The molecule has 1 fully saturated rings. The number of nitrogens with zero attached hydrogens (tertiary/aromatic N) is 1. The van der Waals surface area contributed by atoms with Gasteiger partial charge in [0.25, 0.3) is 10.7 Å². The SMILES string of the molecule is O=C(c1ccc2[nH]c(=S)oc2c1)N1CCOC[C@H]1C[C@@H](O)c1ccco1. The van der Waals surface area contributed by atoms with Crippen LogP contribution in [0.5, 0.6) is 0 Å². The zero-order valence-electron chi connectivity index (χ0n) is 13.9. The first-order valence-electron chi connectivity index (χ1n) is 8.35. The average molecular weight is 374 g/mol. The lowest BCUT2D eigenvalue weighted by Crippen LogP contribution is -2.49. The third kappa shape index (κ3) is 3.31. The number of rotatable bonds is 4. The quantitative estimate of drug-likeness (QED) is 0.682. The average Bonchev–Trinajstić information content (AvgIpc) is 3.29. The van der Waals surface area contributed by atoms with Crippen LogP contribution in [0.2, 0.25) is 0 Å². The maximum atomic E-state index is 13.0. The number of nitrogens with one attached hydrogen (secondary N) is 1. The molecule has 136 valence electrons. The van der Waals surface area contributed by atoms with Crippen molar-refractivity contribution in [3.63, 3.8) is 0 Å². The monoisotopic (exact) mass is 374 g/mol. The van der Waals surface area contributed by atoms with E-state index in [1.807, 2.05) is 0 Å². The normalized spacial score (nSPS) is 19.0. The van der Waals surface area contributed by atoms with Crippen LogP contribution in [0.25, 0.3) is 11.1 Å². The lowest BCUT2D eigenvalue weighted by molar-refractivity contribution is -0.0195. The van der Waals surface area contributed by atoms with Crippen molar-refractivity contribution in [2.45, 2.75) is 18.6 Å². The lowest BCUT2D eigenvalue weighted by atomic mass is 10.0. The summed E-state index contributed by atoms with van der Waals surface area (Å²) in [5.41, 5.74) is 1.80. The standard InChI is InChI=1S/C18H18N2O5S/c21-14(15-2-1-6-24-15)9-12-10-23-7-5-20(12)17(22)11-3-4-13-16(8-11)25-18(26)19-13/h1-4,6,8,12,14,21H,5,7,9-10H2,(H,19,26)/t12-,14-/m1/s1. The van der Waals surface area contributed by atoms with Gasteiger partial charge in [-0.05, 0) is 42.5 Å². The molecule has 0 spiro atoms. The topological polar surface area (TPSA) is 91.8 Å². The van der Waals surface area contributed by atoms with Crippen molar-refractivity contribution in [2.75, 3.05) is 19.8 Å². The predicted octanol–water partition coefficient (Wildman–Crippen LogP) is 3.05. The van der Waals surface area contributed by atoms with Crippen molar-refractivity contribution in [1.82, 2.24) is 9.88 Å². The molecule has 0 radical (unpaired) electrons. The second-order valence-corrected chi connectivity index (χ2v) is 6.59. The van der Waals surface area contributed by atoms with Crippen LogP contribution in [0.15, 0.2) is 45.4 Å². The number of carbonyl (C=O) groups is 1. The Hall–Kier alpha value is -2.42. The summed E-state index contributed by atoms with van der Waals surface area (Å²) in [6.45, 7) is 1.30. The molecule has 2 N–H and O–H groups in total. The van der Waals surface area contributed by atoms with E-state index >= 15 is 0 Å². The molecule has 1 aliphatic rings. The summed E-state index contributed by atoms with van der Waals surface area (Å²) in [6.07, 6.45) is 1.06. The van der Waals surface area contributed by atoms with E-state index < -0.39 is 6.10 Å². The molecule has 0 unspecified atom stereocenters. The van der Waals surface area contributed by atoms with Gasteiger partial charge >= 0.3 is 0 Å². The zero-order valence-corrected chi connectivity index (χ0v) is 14.7. The van der Waals surface area contributed by atoms with Crippen LogP contribution in [0.3, 0.4) is 0 Å². The summed E-state index contributed by atoms with van der Waals surface area (Å²) in [4.78, 5) is 17.9. The Morgan fingerprint density at radius 2 is 2.31 bits per heavy atom. The van der Waals surface area contributed by atoms with E-state index in [2.05, 4.69) is 4.98 Å². The van der Waals surface area contributed by atoms with Gasteiger partial charge < -0.3 is 28.6 Å². The first-order valence-corrected chi connectivity index (χ1v) is 8.75. The fourth-order valence-electron chi connectivity index (χ4n) is 3.22. The molecule has 1 aliphatic heterocycles. The molecular formula is C18H18N2O5S. The molecule has 2 atom stereocenters. The summed E-state index contributed by atoms with van der Waals surface area (Å²) in [7, 11) is 0. The number of ether oxygens (including phenoxy) is 1. The van der Waals surface area contributed by atoms with Crippen molar-refractivity contribution in [3.8, 4) is 0 Å². The van der Waals surface area contributed by atoms with Crippen LogP contribution in [0, 0.1) is 4.84 Å². The van der Waals surface area contributed by atoms with Crippen molar-refractivity contribution in [3.05, 3.63) is 52.8 Å². The highest BCUT2D eigenvalue weighted by molar-refractivity contribution is 7.71. The fourth-order valence-corrected chi connectivity index (χ4v) is 3.42. The second-order valence-electron chi connectivity index (χ2n) is 6.22. The molecule has 3 heterocycles. The number of oxazole rings is 1. The number of furan rings is 1. The number of aromatic nitrogens is 1. The molecule has 4 rings (SSSR count). The number of aliphatic hydroxyl groups excluding tert-OH is 1. The van der Waals surface area contributed by atoms with Gasteiger partial charge in [-0.15, -0.1) is 0 Å². The van der Waals surface area contributed by atoms with Gasteiger partial charge in [0, 0.05) is 18.5 Å². The van der Waals surface area contributed by atoms with Gasteiger partial charge in [0.2, 0.25) is 0 Å². The summed E-state index contributed by atoms with van der Waals surface area (Å²) in [5.74, 6) is 0.350. The number of morpholine rings is 1. The lowest BCUT2D eigenvalue weighted by Gasteiger charge is -2.36. The zero-order chi connectivity index (χ0) is 18.1. The molecular weight excluding hydrogens is 356 g/mol. The largest absolute Gasteiger partial charge is 0.467 e. The minimum atomic E-state index is -0.795. The highest BCUT2D eigenvalue weighted by Crippen LogP contribution is 2.25.